The Labute approximate surface area is 210 Å². The van der Waals surface area contributed by atoms with Crippen molar-refractivity contribution in [2.24, 2.45) is 5.92 Å². The SMILES string of the molecule is CCOC(=O)N1CCc2c([nH]c3ccc(Cl)cc23)C1C1C=CC(C(=O)NCCCNCCO)=CC1. The van der Waals surface area contributed by atoms with E-state index in [9.17, 15) is 9.59 Å². The molecule has 1 aromatic carbocycles. The Morgan fingerprint density at radius 3 is 2.89 bits per heavy atom. The maximum absolute atomic E-state index is 12.9. The standard InChI is InChI=1S/C26H33ClN4O4/c1-2-35-26(34)31-14-10-20-21-16-19(27)8-9-22(21)30-23(20)24(31)17-4-6-18(7-5-17)25(33)29-12-3-11-28-13-15-32/h4,6-9,16-17,24,28,30,32H,2-3,5,10-15H2,1H3,(H,29,33). The minimum atomic E-state index is -0.324. The number of aromatic nitrogens is 1. The summed E-state index contributed by atoms with van der Waals surface area (Å²) in [5.41, 5.74) is 3.82. The van der Waals surface area contributed by atoms with Crippen LogP contribution in [-0.2, 0) is 16.0 Å². The molecule has 9 heteroatoms. The highest BCUT2D eigenvalue weighted by molar-refractivity contribution is 6.31. The molecule has 0 saturated heterocycles. The van der Waals surface area contributed by atoms with Crippen molar-refractivity contribution in [2.45, 2.75) is 32.2 Å². The number of benzene rings is 1. The molecule has 35 heavy (non-hydrogen) atoms. The lowest BCUT2D eigenvalue weighted by Crippen LogP contribution is -2.43. The number of halogens is 1. The molecule has 2 heterocycles. The molecule has 0 radical (unpaired) electrons. The van der Waals surface area contributed by atoms with Gasteiger partial charge in [-0.1, -0.05) is 29.8 Å². The molecule has 0 bridgehead atoms. The maximum atomic E-state index is 12.9. The van der Waals surface area contributed by atoms with E-state index in [-0.39, 0.29) is 30.6 Å². The lowest BCUT2D eigenvalue weighted by Gasteiger charge is -2.39. The Balaban J connectivity index is 1.50. The highest BCUT2D eigenvalue weighted by Gasteiger charge is 2.38. The van der Waals surface area contributed by atoms with Crippen molar-refractivity contribution in [1.82, 2.24) is 20.5 Å². The monoisotopic (exact) mass is 500 g/mol. The zero-order valence-corrected chi connectivity index (χ0v) is 20.7. The predicted molar refractivity (Wildman–Crippen MR) is 136 cm³/mol. The summed E-state index contributed by atoms with van der Waals surface area (Å²) in [6, 6.07) is 5.58. The van der Waals surface area contributed by atoms with Gasteiger partial charge in [-0.3, -0.25) is 9.69 Å². The fraction of sp³-hybridized carbons (Fsp3) is 0.462. The smallest absolute Gasteiger partial charge is 0.410 e. The molecule has 1 aliphatic heterocycles. The van der Waals surface area contributed by atoms with Crippen molar-refractivity contribution in [3.63, 3.8) is 0 Å². The molecular weight excluding hydrogens is 468 g/mol. The van der Waals surface area contributed by atoms with Crippen LogP contribution in [0.25, 0.3) is 10.9 Å². The Morgan fingerprint density at radius 2 is 2.14 bits per heavy atom. The van der Waals surface area contributed by atoms with Gasteiger partial charge in [0.15, 0.2) is 0 Å². The van der Waals surface area contributed by atoms with Crippen LogP contribution >= 0.6 is 11.6 Å². The average molecular weight is 501 g/mol. The van der Waals surface area contributed by atoms with Crippen molar-refractivity contribution in [3.8, 4) is 0 Å². The number of hydrogen-bond donors (Lipinski definition) is 4. The second kappa shape index (κ2) is 11.7. The number of allylic oxidation sites excluding steroid dienone is 1. The highest BCUT2D eigenvalue weighted by atomic mass is 35.5. The number of H-pyrrole nitrogens is 1. The third-order valence-corrected chi connectivity index (χ3v) is 6.78. The second-order valence-electron chi connectivity index (χ2n) is 8.80. The van der Waals surface area contributed by atoms with Crippen LogP contribution in [0.2, 0.25) is 5.02 Å². The third-order valence-electron chi connectivity index (χ3n) is 6.54. The van der Waals surface area contributed by atoms with Gasteiger partial charge in [-0.25, -0.2) is 4.79 Å². The van der Waals surface area contributed by atoms with Crippen LogP contribution in [0.15, 0.2) is 42.0 Å². The van der Waals surface area contributed by atoms with E-state index in [1.807, 2.05) is 43.4 Å². The molecule has 4 N–H and O–H groups in total. The lowest BCUT2D eigenvalue weighted by atomic mass is 9.83. The Bertz CT molecular complexity index is 1130. The number of aliphatic hydroxyl groups is 1. The largest absolute Gasteiger partial charge is 0.450 e. The number of rotatable bonds is 9. The van der Waals surface area contributed by atoms with Gasteiger partial charge in [-0.2, -0.15) is 0 Å². The van der Waals surface area contributed by atoms with Crippen LogP contribution in [0.5, 0.6) is 0 Å². The van der Waals surface area contributed by atoms with Crippen molar-refractivity contribution in [2.75, 3.05) is 39.4 Å². The number of nitrogens with one attached hydrogen (secondary N) is 3. The van der Waals surface area contributed by atoms with Gasteiger partial charge in [-0.15, -0.1) is 0 Å². The molecule has 2 amide bonds. The molecule has 4 rings (SSSR count). The molecule has 0 spiro atoms. The van der Waals surface area contributed by atoms with E-state index in [0.29, 0.717) is 43.3 Å². The summed E-state index contributed by atoms with van der Waals surface area (Å²) < 4.78 is 5.38. The molecule has 1 aromatic heterocycles. The van der Waals surface area contributed by atoms with Crippen molar-refractivity contribution in [1.29, 1.82) is 0 Å². The van der Waals surface area contributed by atoms with E-state index < -0.39 is 0 Å². The third kappa shape index (κ3) is 5.72. The Kier molecular flexibility index (Phi) is 8.49. The number of carbonyl (C=O) groups excluding carboxylic acids is 2. The Hall–Kier alpha value is -2.81. The number of fused-ring (bicyclic) bond motifs is 3. The molecule has 188 valence electrons. The zero-order valence-electron chi connectivity index (χ0n) is 20.0. The number of ether oxygens (including phenoxy) is 1. The molecule has 2 atom stereocenters. The molecule has 0 saturated carbocycles. The fourth-order valence-electron chi connectivity index (χ4n) is 4.91. The topological polar surface area (TPSA) is 107 Å². The van der Waals surface area contributed by atoms with Crippen LogP contribution in [0.3, 0.4) is 0 Å². The minimum absolute atomic E-state index is 0.00113. The summed E-state index contributed by atoms with van der Waals surface area (Å²) in [6.07, 6.45) is 7.64. The normalized spacial score (nSPS) is 19.4. The van der Waals surface area contributed by atoms with Gasteiger partial charge >= 0.3 is 6.09 Å². The van der Waals surface area contributed by atoms with Crippen molar-refractivity contribution < 1.29 is 19.4 Å². The fourth-order valence-corrected chi connectivity index (χ4v) is 5.08. The molecule has 1 aliphatic carbocycles. The zero-order chi connectivity index (χ0) is 24.8. The molecule has 2 aliphatic rings. The molecule has 0 fully saturated rings. The van der Waals surface area contributed by atoms with Crippen LogP contribution in [0.1, 0.15) is 37.1 Å². The molecular formula is C26H33ClN4O4. The summed E-state index contributed by atoms with van der Waals surface area (Å²) in [5.74, 6) is -0.102. The summed E-state index contributed by atoms with van der Waals surface area (Å²) in [6.45, 7) is 4.64. The number of nitrogens with zero attached hydrogens (tertiary/aromatic N) is 1. The van der Waals surface area contributed by atoms with Gasteiger partial charge in [0.1, 0.15) is 0 Å². The van der Waals surface area contributed by atoms with Crippen LogP contribution in [0.4, 0.5) is 4.79 Å². The van der Waals surface area contributed by atoms with Gasteiger partial charge in [0.05, 0.1) is 19.3 Å². The van der Waals surface area contributed by atoms with Crippen LogP contribution in [0, 0.1) is 5.92 Å². The Morgan fingerprint density at radius 1 is 1.29 bits per heavy atom. The summed E-state index contributed by atoms with van der Waals surface area (Å²) in [4.78, 5) is 30.8. The first-order chi connectivity index (χ1) is 17.0. The highest BCUT2D eigenvalue weighted by Crippen LogP contribution is 2.42. The van der Waals surface area contributed by atoms with Crippen LogP contribution in [-0.4, -0.2) is 66.4 Å². The number of carbonyl (C=O) groups is 2. The van der Waals surface area contributed by atoms with E-state index in [1.54, 1.807) is 4.90 Å². The molecule has 2 unspecified atom stereocenters. The lowest BCUT2D eigenvalue weighted by molar-refractivity contribution is -0.117. The first kappa shape index (κ1) is 25.3. The molecule has 8 nitrogen and oxygen atoms in total. The average Bonchev–Trinajstić information content (AvgIpc) is 3.23. The van der Waals surface area contributed by atoms with E-state index in [1.165, 1.54) is 5.56 Å². The number of amides is 2. The van der Waals surface area contributed by atoms with E-state index >= 15 is 0 Å². The van der Waals surface area contributed by atoms with Crippen molar-refractivity contribution >= 4 is 34.5 Å². The first-order valence-electron chi connectivity index (χ1n) is 12.2. The van der Waals surface area contributed by atoms with Gasteiger partial charge < -0.3 is 25.5 Å². The van der Waals surface area contributed by atoms with Crippen LogP contribution < -0.4 is 10.6 Å². The second-order valence-corrected chi connectivity index (χ2v) is 9.23. The van der Waals surface area contributed by atoms with Crippen molar-refractivity contribution in [3.05, 3.63) is 58.3 Å². The number of aliphatic hydroxyl groups excluding tert-OH is 1. The minimum Gasteiger partial charge on any atom is -0.450 e. The van der Waals surface area contributed by atoms with E-state index in [2.05, 4.69) is 15.6 Å². The summed E-state index contributed by atoms with van der Waals surface area (Å²) in [7, 11) is 0. The maximum Gasteiger partial charge on any atom is 0.410 e. The van der Waals surface area contributed by atoms with Gasteiger partial charge in [0.2, 0.25) is 0 Å². The van der Waals surface area contributed by atoms with Gasteiger partial charge in [-0.05, 0) is 56.5 Å². The quantitative estimate of drug-likeness (QED) is 0.394. The number of hydrogen-bond acceptors (Lipinski definition) is 5. The van der Waals surface area contributed by atoms with E-state index in [0.717, 1.165) is 36.0 Å². The van der Waals surface area contributed by atoms with E-state index in [4.69, 9.17) is 21.4 Å². The predicted octanol–water partition coefficient (Wildman–Crippen LogP) is 3.47. The summed E-state index contributed by atoms with van der Waals surface area (Å²) in [5, 5.41) is 16.6. The molecule has 2 aromatic rings. The summed E-state index contributed by atoms with van der Waals surface area (Å²) >= 11 is 6.27. The van der Waals surface area contributed by atoms with Gasteiger partial charge in [0, 0.05) is 52.7 Å². The first-order valence-corrected chi connectivity index (χ1v) is 12.6. The van der Waals surface area contributed by atoms with Gasteiger partial charge in [0.25, 0.3) is 5.91 Å². The number of aromatic amines is 1.